The average Bonchev–Trinajstić information content (AvgIpc) is 2.76. The number of benzene rings is 1. The molecule has 2 aromatic rings. The lowest BCUT2D eigenvalue weighted by atomic mass is 10.2. The zero-order valence-corrected chi connectivity index (χ0v) is 12.7. The van der Waals surface area contributed by atoms with E-state index in [9.17, 15) is 9.59 Å². The van der Waals surface area contributed by atoms with E-state index in [1.807, 2.05) is 6.92 Å². The highest BCUT2D eigenvalue weighted by Crippen LogP contribution is 2.28. The highest BCUT2D eigenvalue weighted by molar-refractivity contribution is 7.07. The quantitative estimate of drug-likeness (QED) is 0.810. The highest BCUT2D eigenvalue weighted by Gasteiger charge is 2.08. The molecule has 0 amide bonds. The minimum Gasteiger partial charge on any atom is -0.490 e. The zero-order valence-electron chi connectivity index (χ0n) is 11.9. The third-order valence-electron chi connectivity index (χ3n) is 2.63. The Kier molecular flexibility index (Phi) is 5.00. The van der Waals surface area contributed by atoms with Crippen molar-refractivity contribution >= 4 is 30.0 Å². The normalized spacial score (nSPS) is 11.4. The van der Waals surface area contributed by atoms with Crippen molar-refractivity contribution in [2.75, 3.05) is 13.2 Å². The number of hydrogen-bond acceptors (Lipinski definition) is 5. The Balaban J connectivity index is 2.38. The van der Waals surface area contributed by atoms with E-state index in [0.29, 0.717) is 27.3 Å². The van der Waals surface area contributed by atoms with Crippen molar-refractivity contribution < 1.29 is 19.4 Å². The molecular weight excluding hydrogens is 306 g/mol. The number of carboxylic acids is 1. The molecule has 2 N–H and O–H groups in total. The second kappa shape index (κ2) is 6.95. The van der Waals surface area contributed by atoms with Crippen molar-refractivity contribution in [3.8, 4) is 11.5 Å². The number of carboxylic acid groups (broad SMARTS) is 1. The van der Waals surface area contributed by atoms with E-state index in [4.69, 9.17) is 14.6 Å². The van der Waals surface area contributed by atoms with E-state index in [-0.39, 0.29) is 5.56 Å². The molecule has 7 heteroatoms. The molecule has 0 aliphatic rings. The van der Waals surface area contributed by atoms with Gasteiger partial charge in [-0.25, -0.2) is 4.79 Å². The van der Waals surface area contributed by atoms with Gasteiger partial charge in [0.2, 0.25) is 0 Å². The van der Waals surface area contributed by atoms with E-state index < -0.39 is 12.6 Å². The number of rotatable bonds is 6. The van der Waals surface area contributed by atoms with Crippen LogP contribution < -0.4 is 24.2 Å². The fourth-order valence-electron chi connectivity index (χ4n) is 1.78. The van der Waals surface area contributed by atoms with Crippen LogP contribution >= 0.6 is 11.3 Å². The number of aliphatic carboxylic acids is 1. The first-order chi connectivity index (χ1) is 10.5. The van der Waals surface area contributed by atoms with Gasteiger partial charge in [0, 0.05) is 0 Å². The molecule has 0 saturated heterocycles. The molecule has 1 aromatic carbocycles. The Morgan fingerprint density at radius 2 is 2.18 bits per heavy atom. The Morgan fingerprint density at radius 1 is 1.41 bits per heavy atom. The maximum atomic E-state index is 11.7. The number of nitrogens with one attached hydrogen (secondary N) is 1. The molecule has 6 nitrogen and oxygen atoms in total. The van der Waals surface area contributed by atoms with Gasteiger partial charge in [-0.05, 0) is 30.7 Å². The number of thiazole rings is 1. The van der Waals surface area contributed by atoms with Gasteiger partial charge in [-0.3, -0.25) is 4.79 Å². The number of aromatic amines is 1. The van der Waals surface area contributed by atoms with Gasteiger partial charge in [0.05, 0.1) is 15.8 Å². The average molecular weight is 321 g/mol. The van der Waals surface area contributed by atoms with Crippen LogP contribution in [-0.2, 0) is 4.79 Å². The summed E-state index contributed by atoms with van der Waals surface area (Å²) in [5.41, 5.74) is 0.553. The van der Waals surface area contributed by atoms with Gasteiger partial charge in [-0.1, -0.05) is 12.6 Å². The van der Waals surface area contributed by atoms with Crippen LogP contribution in [0.4, 0.5) is 0 Å². The molecule has 22 heavy (non-hydrogen) atoms. The van der Waals surface area contributed by atoms with Gasteiger partial charge < -0.3 is 19.6 Å². The Hall–Kier alpha value is -2.54. The maximum absolute atomic E-state index is 11.7. The lowest BCUT2D eigenvalue weighted by Gasteiger charge is -2.11. The van der Waals surface area contributed by atoms with Crippen LogP contribution in [0.25, 0.3) is 12.7 Å². The van der Waals surface area contributed by atoms with Gasteiger partial charge in [0.25, 0.3) is 5.56 Å². The van der Waals surface area contributed by atoms with Gasteiger partial charge >= 0.3 is 5.97 Å². The molecule has 0 radical (unpaired) electrons. The Morgan fingerprint density at radius 3 is 2.77 bits per heavy atom. The number of carbonyl (C=O) groups is 1. The van der Waals surface area contributed by atoms with Gasteiger partial charge in [0.15, 0.2) is 18.1 Å². The topological polar surface area (TPSA) is 88.6 Å². The second-order valence-corrected chi connectivity index (χ2v) is 5.45. The molecule has 0 atom stereocenters. The molecule has 0 aliphatic carbocycles. The first-order valence-corrected chi connectivity index (χ1v) is 7.32. The summed E-state index contributed by atoms with van der Waals surface area (Å²) in [6.45, 7) is 5.47. The van der Waals surface area contributed by atoms with Crippen molar-refractivity contribution in [3.05, 3.63) is 43.3 Å². The zero-order chi connectivity index (χ0) is 16.1. The van der Waals surface area contributed by atoms with E-state index in [1.165, 1.54) is 11.3 Å². The van der Waals surface area contributed by atoms with Crippen LogP contribution in [0.2, 0.25) is 0 Å². The van der Waals surface area contributed by atoms with Crippen LogP contribution in [0.5, 0.6) is 11.5 Å². The summed E-state index contributed by atoms with van der Waals surface area (Å²) >= 11 is 1.26. The summed E-state index contributed by atoms with van der Waals surface area (Å²) in [5, 5.41) is 8.66. The predicted molar refractivity (Wildman–Crippen MR) is 84.0 cm³/mol. The largest absolute Gasteiger partial charge is 0.490 e. The van der Waals surface area contributed by atoms with E-state index >= 15 is 0 Å². The van der Waals surface area contributed by atoms with Crippen LogP contribution in [0.3, 0.4) is 0 Å². The molecule has 0 spiro atoms. The van der Waals surface area contributed by atoms with Crippen LogP contribution in [0.1, 0.15) is 12.5 Å². The lowest BCUT2D eigenvalue weighted by molar-refractivity contribution is -0.139. The molecule has 0 aliphatic heterocycles. The predicted octanol–water partition coefficient (Wildman–Crippen LogP) is 0.538. The molecule has 0 saturated carbocycles. The number of H-pyrrole nitrogens is 1. The summed E-state index contributed by atoms with van der Waals surface area (Å²) in [7, 11) is 0. The van der Waals surface area contributed by atoms with E-state index in [2.05, 4.69) is 11.6 Å². The lowest BCUT2D eigenvalue weighted by Crippen LogP contribution is -2.19. The molecule has 0 bridgehead atoms. The summed E-state index contributed by atoms with van der Waals surface area (Å²) < 4.78 is 11.7. The molecule has 1 heterocycles. The Bertz CT molecular complexity index is 836. The SMILES string of the molecule is C=c1[nH]c(=O)/c(=C/c2ccc(OCC(=O)O)c(OCC)c2)s1. The monoisotopic (exact) mass is 321 g/mol. The number of aromatic nitrogens is 1. The first-order valence-electron chi connectivity index (χ1n) is 6.51. The summed E-state index contributed by atoms with van der Waals surface area (Å²) in [4.78, 5) is 24.8. The summed E-state index contributed by atoms with van der Waals surface area (Å²) in [6, 6.07) is 5.04. The minimum atomic E-state index is -1.06. The van der Waals surface area contributed by atoms with Crippen molar-refractivity contribution in [1.29, 1.82) is 0 Å². The third kappa shape index (κ3) is 3.98. The third-order valence-corrected chi connectivity index (χ3v) is 3.50. The maximum Gasteiger partial charge on any atom is 0.341 e. The van der Waals surface area contributed by atoms with Gasteiger partial charge in [-0.2, -0.15) is 0 Å². The molecule has 0 unspecified atom stereocenters. The second-order valence-electron chi connectivity index (χ2n) is 4.31. The fourth-order valence-corrected chi connectivity index (χ4v) is 2.53. The van der Waals surface area contributed by atoms with E-state index in [0.717, 1.165) is 5.56 Å². The van der Waals surface area contributed by atoms with Gasteiger partial charge in [-0.15, -0.1) is 11.3 Å². The molecule has 2 rings (SSSR count). The summed E-state index contributed by atoms with van der Waals surface area (Å²) in [6.07, 6.45) is 1.71. The van der Waals surface area contributed by atoms with Crippen molar-refractivity contribution in [2.45, 2.75) is 6.92 Å². The minimum absolute atomic E-state index is 0.195. The number of ether oxygens (including phenoxy) is 2. The van der Waals surface area contributed by atoms with E-state index in [1.54, 1.807) is 24.3 Å². The van der Waals surface area contributed by atoms with Crippen LogP contribution in [-0.4, -0.2) is 29.3 Å². The Labute approximate surface area is 130 Å². The van der Waals surface area contributed by atoms with Crippen LogP contribution in [0, 0.1) is 0 Å². The first kappa shape index (κ1) is 15.8. The standard InChI is InChI=1S/C15H15NO5S/c1-3-20-12-6-10(4-5-11(12)21-8-14(17)18)7-13-15(19)16-9(2)22-13/h4-7H,2-3,8H2,1H3,(H,16,19)(H,17,18)/b13-7-. The smallest absolute Gasteiger partial charge is 0.341 e. The number of hydrogen-bond donors (Lipinski definition) is 2. The molecular formula is C15H15NO5S. The molecule has 0 fully saturated rings. The van der Waals surface area contributed by atoms with Crippen molar-refractivity contribution in [1.82, 2.24) is 4.98 Å². The fraction of sp³-hybridized carbons (Fsp3) is 0.200. The summed E-state index contributed by atoms with van der Waals surface area (Å²) in [5.74, 6) is -0.286. The molecule has 116 valence electrons. The van der Waals surface area contributed by atoms with Crippen LogP contribution in [0.15, 0.2) is 23.0 Å². The highest BCUT2D eigenvalue weighted by atomic mass is 32.1. The van der Waals surface area contributed by atoms with Crippen molar-refractivity contribution in [2.24, 2.45) is 0 Å². The van der Waals surface area contributed by atoms with Gasteiger partial charge in [0.1, 0.15) is 0 Å². The molecule has 1 aromatic heterocycles. The van der Waals surface area contributed by atoms with Crippen molar-refractivity contribution in [3.63, 3.8) is 0 Å².